The maximum atomic E-state index is 13.0. The number of hydrogen-bond acceptors (Lipinski definition) is 24. The van der Waals surface area contributed by atoms with Crippen molar-refractivity contribution in [3.63, 3.8) is 0 Å². The second kappa shape index (κ2) is 39.6. The second-order valence-electron chi connectivity index (χ2n) is 20.9. The van der Waals surface area contributed by atoms with E-state index in [1.165, 1.54) is 81.2 Å². The monoisotopic (exact) mass is 1400 g/mol. The van der Waals surface area contributed by atoms with Crippen molar-refractivity contribution in [3.05, 3.63) is 93.7 Å². The van der Waals surface area contributed by atoms with Gasteiger partial charge in [-0.3, -0.25) is 48.4 Å². The highest BCUT2D eigenvalue weighted by Crippen LogP contribution is 2.37. The fourth-order valence-electron chi connectivity index (χ4n) is 8.90. The molecule has 0 bridgehead atoms. The third kappa shape index (κ3) is 26.8. The second-order valence-corrected chi connectivity index (χ2v) is 24.7. The molecule has 0 spiro atoms. The normalized spacial score (nSPS) is 12.8. The SMILES string of the molecule is COc1cc(OC)c(/C=C/S(=O)(=O)Cc2ccc(OC)c(NC(=O)CCCNC(=O)CCCC(=O)O)c2)c(OC)c1.COc1cc(OC)c(/C=C/S(=O)(=O)Cc2ccc(OC)c(NC(=O)CCCNC(=O)CCCC(=O)ON3C(=O)CCC3=O)c2)c(OC)c1.O=C1CCC(=O)N1O. The van der Waals surface area contributed by atoms with E-state index < -0.39 is 55.2 Å². The largest absolute Gasteiger partial charge is 0.496 e. The third-order valence-corrected chi connectivity index (χ3v) is 16.4. The van der Waals surface area contributed by atoms with E-state index >= 15 is 0 Å². The zero-order chi connectivity index (χ0) is 71.8. The number of hydroxylamine groups is 4. The van der Waals surface area contributed by atoms with Crippen molar-refractivity contribution in [2.24, 2.45) is 0 Å². The molecule has 0 aliphatic carbocycles. The van der Waals surface area contributed by atoms with Crippen molar-refractivity contribution in [2.45, 2.75) is 101 Å². The molecule has 0 aromatic heterocycles. The average Bonchev–Trinajstić information content (AvgIpc) is 1.70. The summed E-state index contributed by atoms with van der Waals surface area (Å²) in [5.74, 6) is -2.83. The number of ether oxygens (including phenoxy) is 8. The number of methoxy groups -OCH3 is 8. The van der Waals surface area contributed by atoms with Crippen LogP contribution in [0.25, 0.3) is 12.2 Å². The number of imide groups is 2. The lowest BCUT2D eigenvalue weighted by Crippen LogP contribution is -2.32. The molecule has 8 amide bonds. The fraction of sp³-hybridized carbons (Fsp3) is 0.406. The molecule has 97 heavy (non-hydrogen) atoms. The van der Waals surface area contributed by atoms with Crippen LogP contribution in [-0.4, -0.2) is 166 Å². The van der Waals surface area contributed by atoms with Crippen LogP contribution in [0.4, 0.5) is 11.4 Å². The molecule has 0 atom stereocenters. The first kappa shape index (κ1) is 79.2. The summed E-state index contributed by atoms with van der Waals surface area (Å²) in [7, 11) is 4.09. The number of rotatable bonds is 35. The Labute approximate surface area is 560 Å². The molecule has 0 radical (unpaired) electrons. The highest BCUT2D eigenvalue weighted by molar-refractivity contribution is 7.93. The highest BCUT2D eigenvalue weighted by atomic mass is 32.2. The molecule has 0 unspecified atom stereocenters. The summed E-state index contributed by atoms with van der Waals surface area (Å²) in [6.45, 7) is 0.448. The van der Waals surface area contributed by atoms with E-state index in [1.54, 1.807) is 48.5 Å². The molecular weight excluding hydrogens is 1320 g/mol. The number of nitrogens with zero attached hydrogens (tertiary/aromatic N) is 2. The maximum absolute atomic E-state index is 13.0. The predicted molar refractivity (Wildman–Crippen MR) is 349 cm³/mol. The van der Waals surface area contributed by atoms with Gasteiger partial charge in [0.1, 0.15) is 46.0 Å². The van der Waals surface area contributed by atoms with Gasteiger partial charge in [-0.15, -0.1) is 5.06 Å². The maximum Gasteiger partial charge on any atom is 0.333 e. The Morgan fingerprint density at radius 1 is 0.454 bits per heavy atom. The first-order valence-electron chi connectivity index (χ1n) is 29.8. The van der Waals surface area contributed by atoms with Gasteiger partial charge >= 0.3 is 11.9 Å². The van der Waals surface area contributed by atoms with E-state index in [0.717, 1.165) is 10.8 Å². The number of aliphatic carboxylic acids is 1. The molecule has 0 saturated carbocycles. The van der Waals surface area contributed by atoms with E-state index in [-0.39, 0.29) is 136 Å². The van der Waals surface area contributed by atoms with Crippen LogP contribution in [0.15, 0.2) is 71.5 Å². The molecule has 33 heteroatoms. The van der Waals surface area contributed by atoms with Crippen LogP contribution < -0.4 is 59.2 Å². The standard InChI is InChI=1S/C32H39N3O12S.C28H36N2O10S.C4H5NO3/c1-43-22-18-26(45-3)23(27(19-22)46-4)14-16-48(41,42)20-21-10-11-25(44-2)24(17-21)34-29(37)8-6-15-33-28(36)7-5-9-32(40)47-35-30(38)12-13-31(35)39;1-37-20-16-24(39-3)21(25(17-20)40-4)12-14-41(35,36)18-19-10-11-23(38-2)22(15-19)30-27(32)8-6-13-29-26(31)7-5-9-28(33)34;6-3-1-2-4(7)5(3)8/h10-11,14,16-19H,5-9,12-13,15,20H2,1-4H3,(H,33,36)(H,34,37);10-12,14-17H,5-9,13,18H2,1-4H3,(H,29,31)(H,30,32)(H,33,34);8H,1-2H2/b16-14+;14-12+;. The Kier molecular flexibility index (Phi) is 32.3. The van der Waals surface area contributed by atoms with Gasteiger partial charge in [-0.2, -0.15) is 5.06 Å². The molecule has 2 aliphatic rings. The van der Waals surface area contributed by atoms with Crippen molar-refractivity contribution < 1.29 is 118 Å². The van der Waals surface area contributed by atoms with Gasteiger partial charge in [-0.1, -0.05) is 12.1 Å². The Morgan fingerprint density at radius 2 is 0.804 bits per heavy atom. The Balaban J connectivity index is 0.000000372. The van der Waals surface area contributed by atoms with E-state index in [2.05, 4.69) is 21.3 Å². The lowest BCUT2D eigenvalue weighted by molar-refractivity contribution is -0.197. The molecule has 31 nitrogen and oxygen atoms in total. The number of anilines is 2. The van der Waals surface area contributed by atoms with Gasteiger partial charge in [0.05, 0.1) is 90.9 Å². The predicted octanol–water partition coefficient (Wildman–Crippen LogP) is 5.84. The van der Waals surface area contributed by atoms with E-state index in [9.17, 15) is 64.8 Å². The van der Waals surface area contributed by atoms with Crippen LogP contribution in [0.2, 0.25) is 0 Å². The topological polar surface area (TPSA) is 417 Å². The summed E-state index contributed by atoms with van der Waals surface area (Å²) < 4.78 is 94.4. The van der Waals surface area contributed by atoms with Crippen LogP contribution in [0.3, 0.4) is 0 Å². The molecular formula is C64H80N6O25S2. The summed E-state index contributed by atoms with van der Waals surface area (Å²) in [5.41, 5.74) is 2.26. The minimum Gasteiger partial charge on any atom is -0.496 e. The van der Waals surface area contributed by atoms with Crippen molar-refractivity contribution in [1.82, 2.24) is 20.8 Å². The van der Waals surface area contributed by atoms with Gasteiger partial charge in [0.15, 0.2) is 19.7 Å². The first-order valence-corrected chi connectivity index (χ1v) is 33.3. The number of carboxylic acid groups (broad SMARTS) is 1. The van der Waals surface area contributed by atoms with Gasteiger partial charge in [0, 0.05) is 112 Å². The van der Waals surface area contributed by atoms with Gasteiger partial charge in [0.2, 0.25) is 23.6 Å². The van der Waals surface area contributed by atoms with Gasteiger partial charge in [-0.25, -0.2) is 21.6 Å². The van der Waals surface area contributed by atoms with E-state index in [4.69, 9.17) is 53.0 Å². The van der Waals surface area contributed by atoms with E-state index in [0.29, 0.717) is 91.8 Å². The quantitative estimate of drug-likeness (QED) is 0.0179. The van der Waals surface area contributed by atoms with Gasteiger partial charge < -0.3 is 69.1 Å². The Bertz CT molecular complexity index is 3700. The number of carbonyl (C=O) groups excluding carboxylic acids is 9. The summed E-state index contributed by atoms with van der Waals surface area (Å²) in [5, 5.41) is 30.5. The van der Waals surface area contributed by atoms with E-state index in [1.807, 2.05) is 0 Å². The van der Waals surface area contributed by atoms with Gasteiger partial charge in [-0.05, 0) is 73.2 Å². The number of hydrogen-bond donors (Lipinski definition) is 6. The average molecular weight is 1400 g/mol. The summed E-state index contributed by atoms with van der Waals surface area (Å²) in [6.07, 6.45) is 4.12. The highest BCUT2D eigenvalue weighted by Gasteiger charge is 2.33. The van der Waals surface area contributed by atoms with Crippen molar-refractivity contribution in [3.8, 4) is 46.0 Å². The van der Waals surface area contributed by atoms with Crippen LogP contribution >= 0.6 is 0 Å². The molecule has 6 N–H and O–H groups in total. The molecule has 4 aromatic carbocycles. The summed E-state index contributed by atoms with van der Waals surface area (Å²) >= 11 is 0. The summed E-state index contributed by atoms with van der Waals surface area (Å²) in [4.78, 5) is 120. The molecule has 6 rings (SSSR count). The number of carboxylic acids is 1. The third-order valence-electron chi connectivity index (χ3n) is 13.8. The molecule has 2 aliphatic heterocycles. The van der Waals surface area contributed by atoms with Crippen LogP contribution in [0, 0.1) is 0 Å². The van der Waals surface area contributed by atoms with Crippen molar-refractivity contribution in [1.29, 1.82) is 0 Å². The minimum absolute atomic E-state index is 0.00545. The fourth-order valence-corrected chi connectivity index (χ4v) is 11.1. The molecule has 528 valence electrons. The lowest BCUT2D eigenvalue weighted by atomic mass is 10.1. The minimum atomic E-state index is -3.78. The number of benzene rings is 4. The number of nitrogens with one attached hydrogen (secondary N) is 4. The molecule has 4 aromatic rings. The smallest absolute Gasteiger partial charge is 0.333 e. The lowest BCUT2D eigenvalue weighted by Gasteiger charge is -2.13. The summed E-state index contributed by atoms with van der Waals surface area (Å²) in [6, 6.07) is 15.8. The number of carbonyl (C=O) groups is 10. The number of sulfone groups is 2. The Morgan fingerprint density at radius 3 is 1.13 bits per heavy atom. The Hall–Kier alpha value is -10.3. The first-order chi connectivity index (χ1) is 46.1. The zero-order valence-corrected chi connectivity index (χ0v) is 56.4. The molecule has 2 heterocycles. The van der Waals surface area contributed by atoms with Crippen LogP contribution in [0.1, 0.15) is 112 Å². The molecule has 2 fully saturated rings. The van der Waals surface area contributed by atoms with Gasteiger partial charge in [0.25, 0.3) is 23.6 Å². The molecule has 2 saturated heterocycles. The van der Waals surface area contributed by atoms with Crippen molar-refractivity contribution in [2.75, 3.05) is 80.6 Å². The van der Waals surface area contributed by atoms with Crippen molar-refractivity contribution >= 4 is 102 Å². The number of amides is 8. The van der Waals surface area contributed by atoms with Crippen LogP contribution in [0.5, 0.6) is 46.0 Å². The van der Waals surface area contributed by atoms with Crippen LogP contribution in [-0.2, 0) is 84.0 Å². The zero-order valence-electron chi connectivity index (χ0n) is 54.8.